The summed E-state index contributed by atoms with van der Waals surface area (Å²) in [4.78, 5) is 2.82. The highest BCUT2D eigenvalue weighted by Crippen LogP contribution is 2.20. The lowest BCUT2D eigenvalue weighted by atomic mass is 10.2. The number of hydrogen-bond donors (Lipinski definition) is 2. The van der Waals surface area contributed by atoms with Crippen LogP contribution in [0.2, 0.25) is 0 Å². The zero-order valence-corrected chi connectivity index (χ0v) is 11.9. The van der Waals surface area contributed by atoms with E-state index in [1.54, 1.807) is 0 Å². The summed E-state index contributed by atoms with van der Waals surface area (Å²) in [5.41, 5.74) is 7.01. The Labute approximate surface area is 108 Å². The summed E-state index contributed by atoms with van der Waals surface area (Å²) in [6.07, 6.45) is 1.17. The molecule has 0 bridgehead atoms. The highest BCUT2D eigenvalue weighted by molar-refractivity contribution is 7.12. The van der Waals surface area contributed by atoms with E-state index >= 15 is 0 Å². The smallest absolute Gasteiger partial charge is 0.0709 e. The normalized spacial score (nSPS) is 12.9. The van der Waals surface area contributed by atoms with Crippen molar-refractivity contribution in [1.29, 1.82) is 0 Å². The van der Waals surface area contributed by atoms with Gasteiger partial charge < -0.3 is 15.8 Å². The lowest BCUT2D eigenvalue weighted by Gasteiger charge is -2.14. The van der Waals surface area contributed by atoms with E-state index in [9.17, 15) is 0 Å². The molecule has 0 saturated carbocycles. The van der Waals surface area contributed by atoms with Crippen molar-refractivity contribution in [3.05, 3.63) is 21.4 Å². The molecule has 0 spiro atoms. The van der Waals surface area contributed by atoms with Crippen molar-refractivity contribution in [2.75, 3.05) is 19.7 Å². The number of nitrogens with two attached hydrogens (primary N) is 1. The van der Waals surface area contributed by atoms with Crippen LogP contribution in [0.15, 0.2) is 6.07 Å². The summed E-state index contributed by atoms with van der Waals surface area (Å²) < 4.78 is 5.50. The van der Waals surface area contributed by atoms with E-state index in [1.807, 2.05) is 18.3 Å². The lowest BCUT2D eigenvalue weighted by molar-refractivity contribution is 0.0631. The maximum absolute atomic E-state index is 5.62. The molecule has 4 heteroatoms. The van der Waals surface area contributed by atoms with Gasteiger partial charge in [0, 0.05) is 29.5 Å². The monoisotopic (exact) mass is 256 g/mol. The number of thiophene rings is 1. The van der Waals surface area contributed by atoms with E-state index in [0.717, 1.165) is 26.1 Å². The molecule has 1 unspecified atom stereocenters. The molecule has 1 rings (SSSR count). The molecular formula is C13H24N2OS. The number of ether oxygens (including phenoxy) is 1. The molecule has 0 saturated heterocycles. The van der Waals surface area contributed by atoms with Gasteiger partial charge in [0.1, 0.15) is 0 Å². The highest BCUT2D eigenvalue weighted by atomic mass is 32.1. The van der Waals surface area contributed by atoms with E-state index in [4.69, 9.17) is 10.5 Å². The van der Waals surface area contributed by atoms with Crippen LogP contribution in [0, 0.1) is 13.8 Å². The molecule has 3 N–H and O–H groups in total. The van der Waals surface area contributed by atoms with Crippen molar-refractivity contribution >= 4 is 11.3 Å². The summed E-state index contributed by atoms with van der Waals surface area (Å²) in [5, 5.41) is 3.44. The quantitative estimate of drug-likeness (QED) is 0.701. The summed E-state index contributed by atoms with van der Waals surface area (Å²) in [7, 11) is 0. The fourth-order valence-electron chi connectivity index (χ4n) is 1.72. The van der Waals surface area contributed by atoms with Crippen LogP contribution >= 0.6 is 11.3 Å². The molecule has 1 atom stereocenters. The Morgan fingerprint density at radius 1 is 1.47 bits per heavy atom. The maximum atomic E-state index is 5.62. The number of hydrogen-bond acceptors (Lipinski definition) is 4. The fraction of sp³-hybridized carbons (Fsp3) is 0.692. The standard InChI is InChI=1S/C13H24N2OS/c1-4-16-12(8-14)5-6-15-9-13-7-10(2)11(3)17-13/h7,12,15H,4-6,8-9,14H2,1-3H3. The molecule has 3 nitrogen and oxygen atoms in total. The minimum absolute atomic E-state index is 0.194. The Bertz CT molecular complexity index is 306. The lowest BCUT2D eigenvalue weighted by Crippen LogP contribution is -2.28. The third-order valence-electron chi connectivity index (χ3n) is 2.82. The molecule has 0 fully saturated rings. The second-order valence-corrected chi connectivity index (χ2v) is 5.57. The van der Waals surface area contributed by atoms with Crippen LogP contribution in [-0.4, -0.2) is 25.8 Å². The Kier molecular flexibility index (Phi) is 6.73. The van der Waals surface area contributed by atoms with Crippen molar-refractivity contribution in [1.82, 2.24) is 5.32 Å². The van der Waals surface area contributed by atoms with E-state index < -0.39 is 0 Å². The first-order valence-corrected chi connectivity index (χ1v) is 7.07. The van der Waals surface area contributed by atoms with Gasteiger partial charge in [-0.05, 0) is 45.4 Å². The van der Waals surface area contributed by atoms with Crippen molar-refractivity contribution in [2.24, 2.45) is 5.73 Å². The topological polar surface area (TPSA) is 47.3 Å². The molecule has 0 amide bonds. The molecule has 0 radical (unpaired) electrons. The minimum atomic E-state index is 0.194. The second-order valence-electron chi connectivity index (χ2n) is 4.23. The molecule has 98 valence electrons. The van der Waals surface area contributed by atoms with E-state index in [-0.39, 0.29) is 6.10 Å². The first-order valence-electron chi connectivity index (χ1n) is 6.25. The van der Waals surface area contributed by atoms with E-state index in [2.05, 4.69) is 25.2 Å². The van der Waals surface area contributed by atoms with E-state index in [0.29, 0.717) is 6.54 Å². The molecule has 1 heterocycles. The molecule has 0 aliphatic rings. The molecular weight excluding hydrogens is 232 g/mol. The highest BCUT2D eigenvalue weighted by Gasteiger charge is 2.05. The van der Waals surface area contributed by atoms with Crippen LogP contribution in [0.3, 0.4) is 0 Å². The maximum Gasteiger partial charge on any atom is 0.0709 e. The minimum Gasteiger partial charge on any atom is -0.377 e. The molecule has 1 aromatic rings. The SMILES string of the molecule is CCOC(CN)CCNCc1cc(C)c(C)s1. The van der Waals surface area contributed by atoms with Gasteiger partial charge in [-0.15, -0.1) is 11.3 Å². The second kappa shape index (κ2) is 7.82. The number of nitrogens with one attached hydrogen (secondary N) is 1. The van der Waals surface area contributed by atoms with Crippen LogP contribution < -0.4 is 11.1 Å². The van der Waals surface area contributed by atoms with Crippen LogP contribution in [0.1, 0.15) is 28.7 Å². The van der Waals surface area contributed by atoms with Gasteiger partial charge in [0.15, 0.2) is 0 Å². The molecule has 17 heavy (non-hydrogen) atoms. The Hall–Kier alpha value is -0.420. The van der Waals surface area contributed by atoms with Gasteiger partial charge in [0.25, 0.3) is 0 Å². The van der Waals surface area contributed by atoms with Gasteiger partial charge in [-0.3, -0.25) is 0 Å². The number of aryl methyl sites for hydroxylation is 2. The van der Waals surface area contributed by atoms with Gasteiger partial charge in [0.2, 0.25) is 0 Å². The van der Waals surface area contributed by atoms with Crippen LogP contribution in [-0.2, 0) is 11.3 Å². The van der Waals surface area contributed by atoms with Crippen molar-refractivity contribution in [2.45, 2.75) is 39.8 Å². The Morgan fingerprint density at radius 3 is 2.76 bits per heavy atom. The van der Waals surface area contributed by atoms with Gasteiger partial charge >= 0.3 is 0 Å². The van der Waals surface area contributed by atoms with Gasteiger partial charge in [-0.25, -0.2) is 0 Å². The zero-order valence-electron chi connectivity index (χ0n) is 11.1. The summed E-state index contributed by atoms with van der Waals surface area (Å²) >= 11 is 1.87. The van der Waals surface area contributed by atoms with Crippen molar-refractivity contribution in [3.63, 3.8) is 0 Å². The van der Waals surface area contributed by atoms with Crippen LogP contribution in [0.25, 0.3) is 0 Å². The van der Waals surface area contributed by atoms with Gasteiger partial charge in [-0.2, -0.15) is 0 Å². The van der Waals surface area contributed by atoms with Crippen LogP contribution in [0.4, 0.5) is 0 Å². The predicted octanol–water partition coefficient (Wildman–Crippen LogP) is 2.21. The van der Waals surface area contributed by atoms with Crippen LogP contribution in [0.5, 0.6) is 0 Å². The zero-order chi connectivity index (χ0) is 12.7. The third-order valence-corrected chi connectivity index (χ3v) is 3.98. The average molecular weight is 256 g/mol. The van der Waals surface area contributed by atoms with Crippen molar-refractivity contribution < 1.29 is 4.74 Å². The van der Waals surface area contributed by atoms with E-state index in [1.165, 1.54) is 15.3 Å². The molecule has 1 aromatic heterocycles. The predicted molar refractivity (Wildman–Crippen MR) is 74.6 cm³/mol. The molecule has 0 aliphatic heterocycles. The molecule has 0 aromatic carbocycles. The third kappa shape index (κ3) is 5.17. The average Bonchev–Trinajstić information content (AvgIpc) is 2.63. The van der Waals surface area contributed by atoms with Gasteiger partial charge in [-0.1, -0.05) is 0 Å². The first-order chi connectivity index (χ1) is 8.17. The summed E-state index contributed by atoms with van der Waals surface area (Å²) in [5.74, 6) is 0. The fourth-order valence-corrected chi connectivity index (χ4v) is 2.74. The number of rotatable bonds is 8. The largest absolute Gasteiger partial charge is 0.377 e. The Balaban J connectivity index is 2.19. The summed E-state index contributed by atoms with van der Waals surface area (Å²) in [6, 6.07) is 2.26. The van der Waals surface area contributed by atoms with Gasteiger partial charge in [0.05, 0.1) is 6.10 Å². The Morgan fingerprint density at radius 2 is 2.24 bits per heavy atom. The summed E-state index contributed by atoms with van der Waals surface area (Å²) in [6.45, 7) is 9.59. The van der Waals surface area contributed by atoms with Crippen molar-refractivity contribution in [3.8, 4) is 0 Å². The molecule has 0 aliphatic carbocycles. The first kappa shape index (κ1) is 14.6.